The van der Waals surface area contributed by atoms with Gasteiger partial charge in [0, 0.05) is 103 Å². The number of benzene rings is 2. The number of carbonyl (C=O) groups is 1. The highest BCUT2D eigenvalue weighted by Crippen LogP contribution is 2.19. The zero-order chi connectivity index (χ0) is 78.6. The minimum atomic E-state index is -0.129. The number of thiol groups is 2. The highest BCUT2D eigenvalue weighted by atomic mass is 32.2. The minimum absolute atomic E-state index is 0.0607. The number of rotatable bonds is 40. The van der Waals surface area contributed by atoms with E-state index >= 15 is 0 Å². The maximum atomic E-state index is 10.7. The van der Waals surface area contributed by atoms with E-state index in [2.05, 4.69) is 116 Å². The lowest BCUT2D eigenvalue weighted by Gasteiger charge is -2.25. The maximum Gasteiger partial charge on any atom is 0.231 e. The molecule has 0 bridgehead atoms. The summed E-state index contributed by atoms with van der Waals surface area (Å²) >= 11 is 9.62. The van der Waals surface area contributed by atoms with Gasteiger partial charge in [0.05, 0.1) is 104 Å². The summed E-state index contributed by atoms with van der Waals surface area (Å²) in [4.78, 5) is 64.3. The summed E-state index contributed by atoms with van der Waals surface area (Å²) in [6.45, 7) is 41.2. The van der Waals surface area contributed by atoms with Crippen molar-refractivity contribution in [3.63, 3.8) is 0 Å². The van der Waals surface area contributed by atoms with Crippen LogP contribution in [0.2, 0.25) is 0 Å². The third-order valence-electron chi connectivity index (χ3n) is 12.5. The Balaban J connectivity index is -0.000000196. The first-order valence-electron chi connectivity index (χ1n) is 32.8. The van der Waals surface area contributed by atoms with Gasteiger partial charge in [-0.1, -0.05) is 39.6 Å². The average molecular weight is 1490 g/mol. The fourth-order valence-electron chi connectivity index (χ4n) is 5.98. The first-order chi connectivity index (χ1) is 47.1. The quantitative estimate of drug-likeness (QED) is 0.00620. The molecule has 0 saturated carbocycles. The molecule has 0 aromatic heterocycles. The van der Waals surface area contributed by atoms with Crippen molar-refractivity contribution in [1.29, 1.82) is 0 Å². The van der Waals surface area contributed by atoms with Gasteiger partial charge in [0.2, 0.25) is 5.91 Å². The number of carbonyl (C=O) groups excluding carboxylic acids is 1. The van der Waals surface area contributed by atoms with Crippen LogP contribution in [0.4, 0.5) is 11.4 Å². The van der Waals surface area contributed by atoms with E-state index in [-0.39, 0.29) is 50.6 Å². The van der Waals surface area contributed by atoms with Crippen molar-refractivity contribution < 1.29 is 53.1 Å². The molecule has 2 aromatic carbocycles. The molecule has 2 aromatic rings. The number of hydrogen-bond acceptors (Lipinski definition) is 30. The van der Waals surface area contributed by atoms with Gasteiger partial charge >= 0.3 is 0 Å². The van der Waals surface area contributed by atoms with Crippen LogP contribution in [-0.4, -0.2) is 236 Å². The number of amides is 1. The largest absolute Gasteiger partial charge is 0.378 e. The summed E-state index contributed by atoms with van der Waals surface area (Å²) in [5.41, 5.74) is 49.4. The first kappa shape index (κ1) is 109. The van der Waals surface area contributed by atoms with E-state index in [9.17, 15) is 4.79 Å². The molecule has 0 aliphatic rings. The van der Waals surface area contributed by atoms with Gasteiger partial charge in [0.25, 0.3) is 0 Å². The summed E-state index contributed by atoms with van der Waals surface area (Å²) in [5, 5.41) is 29.2. The van der Waals surface area contributed by atoms with E-state index in [0.717, 1.165) is 33.5 Å². The van der Waals surface area contributed by atoms with Crippen LogP contribution in [0.25, 0.3) is 31.3 Å². The summed E-state index contributed by atoms with van der Waals surface area (Å²) in [7, 11) is 15.6. The van der Waals surface area contributed by atoms with Crippen molar-refractivity contribution >= 4 is 54.3 Å². The standard InChI is InChI=1S/C11H16N4O.C11H18N2O.C8H20N2O2.C7H16N2O2S.C6H15NOS2.2C5H12N4O.2C5H14N2O/c1-9(2)15(16-3)11-6-4-10(5-7-11)8-13-14-12;1-9(2)13(14-3)11-6-4-10(8-12)5-7-11;1-8(2)10(3)12-7-6-11-5-4-9;1-6(2)9(3)11-5-8-7(10)4-12;1-6(2)7(8-3)4-10-5-9;1-5(2)9(10-3)4-7-8-6;1-5(2)9(3)10-4-7-8-6;1-5(2)7(4-6)8-3;1-5(2)7(3)8-4-6/h4-7,9H,8H2,1-3H3;4-7,9H,8,12H2,1-3H3;8H,4-7,9H2,1-3H3;6,12H,4-5H2,1-3H3,(H,8,10);6,9H,4-5H2,1-3H3;2*5H,4H2,1-3H3;2*5H,4,6H2,1-3H3. The lowest BCUT2D eigenvalue weighted by Crippen LogP contribution is -2.34. The molecule has 0 spiro atoms. The molecule has 0 aliphatic carbocycles. The van der Waals surface area contributed by atoms with E-state index in [1.165, 1.54) is 0 Å². The summed E-state index contributed by atoms with van der Waals surface area (Å²) < 4.78 is 5.14. The molecular formula is C63H137N23O11S3. The zero-order valence-electron chi connectivity index (χ0n) is 65.9. The molecule has 9 N–H and O–H groups in total. The summed E-state index contributed by atoms with van der Waals surface area (Å²) in [6.07, 6.45) is 0. The third-order valence-corrected chi connectivity index (χ3v) is 13.9. The van der Waals surface area contributed by atoms with Crippen LogP contribution in [0.15, 0.2) is 63.9 Å². The van der Waals surface area contributed by atoms with Gasteiger partial charge in [-0.25, -0.2) is 0 Å². The molecule has 0 heterocycles. The van der Waals surface area contributed by atoms with Crippen LogP contribution in [0.5, 0.6) is 0 Å². The smallest absolute Gasteiger partial charge is 0.231 e. The number of hydrogen-bond donors (Lipinski definition) is 7. The fourth-order valence-corrected chi connectivity index (χ4v) is 7.01. The van der Waals surface area contributed by atoms with E-state index < -0.39 is 0 Å². The second-order valence-electron chi connectivity index (χ2n) is 22.8. The molecule has 100 heavy (non-hydrogen) atoms. The van der Waals surface area contributed by atoms with Crippen LogP contribution in [0, 0.1) is 0 Å². The Morgan fingerprint density at radius 1 is 0.500 bits per heavy atom. The van der Waals surface area contributed by atoms with Gasteiger partial charge in [-0.2, -0.15) is 60.7 Å². The van der Waals surface area contributed by atoms with Crippen LogP contribution in [0.3, 0.4) is 0 Å². The molecule has 0 saturated heterocycles. The van der Waals surface area contributed by atoms with Gasteiger partial charge in [0.1, 0.15) is 26.9 Å². The van der Waals surface area contributed by atoms with E-state index in [1.54, 1.807) is 79.7 Å². The Kier molecular flexibility index (Phi) is 82.6. The monoisotopic (exact) mass is 1490 g/mol. The predicted molar refractivity (Wildman–Crippen MR) is 415 cm³/mol. The number of ether oxygens (including phenoxy) is 1. The summed E-state index contributed by atoms with van der Waals surface area (Å²) in [5.74, 6) is 0.947. The highest BCUT2D eigenvalue weighted by molar-refractivity contribution is 8.09. The number of hydroxylamine groups is 16. The Morgan fingerprint density at radius 3 is 1.22 bits per heavy atom. The minimum Gasteiger partial charge on any atom is -0.378 e. The topological polar surface area (TPSA) is 401 Å². The molecule has 34 nitrogen and oxygen atoms in total. The SMILES string of the molecule is CC(C)N(C)OCCOCCN.CC(C)N(C)OCN.CC(C)N(C)OCN=[N+]=[N-].CC(C)N(C)OCNC(=O)CS.CON(CN)C(C)C.CON(CN=[N+]=[N-])C(C)C.CON(CSCS)C(C)C.CON(c1ccc(CN)cc1)C(C)C.CON(c1ccc(CN=[N+]=[N-])cc1)C(C)C. The molecule has 0 unspecified atom stereocenters. The van der Waals surface area contributed by atoms with Crippen molar-refractivity contribution in [2.45, 2.75) is 192 Å². The Labute approximate surface area is 617 Å². The molecule has 0 aliphatic heterocycles. The number of nitrogens with zero attached hydrogens (tertiary/aromatic N) is 18. The number of nitrogens with one attached hydrogen (secondary N) is 1. The van der Waals surface area contributed by atoms with Gasteiger partial charge in [-0.3, -0.25) is 43.9 Å². The summed E-state index contributed by atoms with van der Waals surface area (Å²) in [6, 6.07) is 18.9. The number of thioether (sulfide) groups is 1. The highest BCUT2D eigenvalue weighted by Gasteiger charge is 2.12. The van der Waals surface area contributed by atoms with Gasteiger partial charge < -0.3 is 47.5 Å². The number of azide groups is 3. The molecule has 0 fully saturated rings. The number of nitrogens with two attached hydrogens (primary N) is 4. The van der Waals surface area contributed by atoms with Crippen LogP contribution in [-0.2, 0) is 66.2 Å². The Morgan fingerprint density at radius 2 is 0.910 bits per heavy atom. The molecule has 37 heteroatoms. The predicted octanol–water partition coefficient (Wildman–Crippen LogP) is 10.9. The van der Waals surface area contributed by atoms with Crippen molar-refractivity contribution in [1.82, 2.24) is 40.8 Å². The molecular weight excluding hydrogens is 1350 g/mol. The van der Waals surface area contributed by atoms with E-state index in [4.69, 9.17) is 87.8 Å². The fraction of sp³-hybridized carbons (Fsp3) is 0.794. The van der Waals surface area contributed by atoms with Gasteiger partial charge in [-0.15, -0.1) is 11.8 Å². The van der Waals surface area contributed by atoms with Crippen LogP contribution in [0.1, 0.15) is 136 Å². The van der Waals surface area contributed by atoms with Gasteiger partial charge in [-0.05, 0) is 177 Å². The van der Waals surface area contributed by atoms with Gasteiger partial charge in [0.15, 0.2) is 0 Å². The average Bonchev–Trinajstić information content (AvgIpc) is 0.880. The third kappa shape index (κ3) is 68.1. The lowest BCUT2D eigenvalue weighted by atomic mass is 10.2. The molecule has 0 radical (unpaired) electrons. The second kappa shape index (κ2) is 75.8. The molecule has 1 amide bonds. The van der Waals surface area contributed by atoms with Crippen molar-refractivity contribution in [3.05, 3.63) is 91.0 Å². The van der Waals surface area contributed by atoms with Crippen molar-refractivity contribution in [3.8, 4) is 0 Å². The van der Waals surface area contributed by atoms with Crippen molar-refractivity contribution in [2.24, 2.45) is 38.3 Å². The van der Waals surface area contributed by atoms with E-state index in [0.29, 0.717) is 88.4 Å². The second-order valence-corrected chi connectivity index (χ2v) is 24.9. The Hall–Kier alpha value is -4.35. The molecule has 588 valence electrons. The molecule has 0 atom stereocenters. The number of anilines is 2. The van der Waals surface area contributed by atoms with E-state index in [1.807, 2.05) is 159 Å². The normalized spacial score (nSPS) is 10.7. The van der Waals surface area contributed by atoms with Crippen LogP contribution < -0.4 is 38.4 Å². The lowest BCUT2D eigenvalue weighted by molar-refractivity contribution is -0.170. The maximum absolute atomic E-state index is 10.7. The Bertz CT molecular complexity index is 2250. The first-order valence-corrected chi connectivity index (χ1v) is 35.2. The van der Waals surface area contributed by atoms with Crippen molar-refractivity contribution in [2.75, 3.05) is 150 Å². The van der Waals surface area contributed by atoms with Crippen LogP contribution >= 0.6 is 37.0 Å². The zero-order valence-corrected chi connectivity index (χ0v) is 68.5. The molecule has 2 rings (SSSR count).